The van der Waals surface area contributed by atoms with Crippen LogP contribution in [0.4, 0.5) is 0 Å². The number of aliphatic imine (C=N–C) groups is 2. The van der Waals surface area contributed by atoms with Crippen molar-refractivity contribution in [2.24, 2.45) is 38.7 Å². The highest BCUT2D eigenvalue weighted by Gasteiger charge is 2.30. The first-order chi connectivity index (χ1) is 18.4. The highest BCUT2D eigenvalue weighted by molar-refractivity contribution is 7.80. The molecule has 4 atom stereocenters. The Bertz CT molecular complexity index is 995. The molecule has 0 aliphatic rings. The van der Waals surface area contributed by atoms with Crippen molar-refractivity contribution >= 4 is 48.2 Å². The molecule has 18 heteroatoms. The molecule has 39 heavy (non-hydrogen) atoms. The number of guanidine groups is 2. The van der Waals surface area contributed by atoms with Gasteiger partial charge in [0.1, 0.15) is 18.1 Å². The fourth-order valence-electron chi connectivity index (χ4n) is 3.27. The molecule has 0 aromatic carbocycles. The first-order valence-corrected chi connectivity index (χ1v) is 12.7. The summed E-state index contributed by atoms with van der Waals surface area (Å²) in [5.74, 6) is -3.57. The maximum Gasteiger partial charge on any atom is 0.326 e. The van der Waals surface area contributed by atoms with E-state index in [4.69, 9.17) is 28.7 Å². The summed E-state index contributed by atoms with van der Waals surface area (Å²) in [6.45, 7) is 0.366. The number of thiol groups is 1. The molecule has 1 rings (SSSR count). The first kappa shape index (κ1) is 33.0. The smallest absolute Gasteiger partial charge is 0.326 e. The quantitative estimate of drug-likeness (QED) is 0.0348. The molecule has 1 heterocycles. The normalized spacial score (nSPS) is 13.7. The third-order valence-electron chi connectivity index (χ3n) is 5.28. The highest BCUT2D eigenvalue weighted by atomic mass is 32.1. The summed E-state index contributed by atoms with van der Waals surface area (Å²) in [4.78, 5) is 64.9. The Balaban J connectivity index is 3.05. The van der Waals surface area contributed by atoms with Gasteiger partial charge in [-0.1, -0.05) is 0 Å². The number of nitrogens with one attached hydrogen (secondary N) is 4. The summed E-state index contributed by atoms with van der Waals surface area (Å²) in [5, 5.41) is 17.1. The van der Waals surface area contributed by atoms with Crippen molar-refractivity contribution < 1.29 is 24.3 Å². The van der Waals surface area contributed by atoms with Crippen LogP contribution < -0.4 is 44.6 Å². The summed E-state index contributed by atoms with van der Waals surface area (Å²) in [7, 11) is 0. The van der Waals surface area contributed by atoms with Crippen molar-refractivity contribution in [1.82, 2.24) is 25.9 Å². The second kappa shape index (κ2) is 17.4. The van der Waals surface area contributed by atoms with Crippen LogP contribution in [0.25, 0.3) is 0 Å². The Labute approximate surface area is 230 Å². The Morgan fingerprint density at radius 2 is 1.41 bits per heavy atom. The molecule has 0 aliphatic carbocycles. The maximum absolute atomic E-state index is 13.2. The fraction of sp³-hybridized carbons (Fsp3) is 0.571. The standard InChI is InChI=1S/C21H38N12O5S/c22-12(9-39)16(34)31-13(3-1-5-28-20(23)24)17(35)33-15(7-11-8-27-10-30-11)18(36)32-14(19(37)38)4-2-6-29-21(25)26/h8,10,12-15,39H,1-7,9,22H2,(H,27,30)(H,31,34)(H,32,36)(H,33,35)(H,37,38)(H4,23,24,28)(H4,25,26,29). The maximum atomic E-state index is 13.2. The number of carboxylic acid groups (broad SMARTS) is 1. The molecule has 1 aromatic heterocycles. The fourth-order valence-corrected chi connectivity index (χ4v) is 3.43. The molecule has 15 N–H and O–H groups in total. The minimum absolute atomic E-state index is 0.0354. The van der Waals surface area contributed by atoms with Crippen LogP contribution in [0.1, 0.15) is 31.4 Å². The van der Waals surface area contributed by atoms with Crippen molar-refractivity contribution in [3.8, 4) is 0 Å². The molecule has 0 bridgehead atoms. The van der Waals surface area contributed by atoms with Gasteiger partial charge in [-0.3, -0.25) is 24.4 Å². The molecule has 0 saturated heterocycles. The van der Waals surface area contributed by atoms with Gasteiger partial charge < -0.3 is 54.7 Å². The number of carbonyl (C=O) groups is 4. The molecule has 0 saturated carbocycles. The van der Waals surface area contributed by atoms with E-state index in [-0.39, 0.29) is 56.4 Å². The van der Waals surface area contributed by atoms with E-state index in [1.54, 1.807) is 0 Å². The van der Waals surface area contributed by atoms with Crippen molar-refractivity contribution in [2.45, 2.75) is 56.3 Å². The average molecular weight is 571 g/mol. The minimum Gasteiger partial charge on any atom is -0.480 e. The van der Waals surface area contributed by atoms with Crippen LogP contribution in [0.3, 0.4) is 0 Å². The number of carbonyl (C=O) groups excluding carboxylic acids is 3. The van der Waals surface area contributed by atoms with Gasteiger partial charge in [-0.25, -0.2) is 9.78 Å². The van der Waals surface area contributed by atoms with E-state index in [0.29, 0.717) is 12.1 Å². The van der Waals surface area contributed by atoms with Crippen LogP contribution >= 0.6 is 12.6 Å². The molecule has 4 unspecified atom stereocenters. The largest absolute Gasteiger partial charge is 0.480 e. The number of hydrogen-bond acceptors (Lipinski definition) is 9. The zero-order chi connectivity index (χ0) is 29.4. The minimum atomic E-state index is -1.27. The zero-order valence-corrected chi connectivity index (χ0v) is 22.3. The summed E-state index contributed by atoms with van der Waals surface area (Å²) >= 11 is 4.00. The van der Waals surface area contributed by atoms with Gasteiger partial charge in [0, 0.05) is 37.2 Å². The molecule has 17 nitrogen and oxygen atoms in total. The third kappa shape index (κ3) is 13.3. The van der Waals surface area contributed by atoms with E-state index in [1.807, 2.05) is 0 Å². The molecule has 218 valence electrons. The predicted octanol–water partition coefficient (Wildman–Crippen LogP) is -4.14. The van der Waals surface area contributed by atoms with E-state index >= 15 is 0 Å². The second-order valence-electron chi connectivity index (χ2n) is 8.49. The molecule has 0 fully saturated rings. The molecular formula is C21H38N12O5S. The zero-order valence-electron chi connectivity index (χ0n) is 21.4. The van der Waals surface area contributed by atoms with Gasteiger partial charge in [0.25, 0.3) is 0 Å². The van der Waals surface area contributed by atoms with Gasteiger partial charge in [-0.15, -0.1) is 0 Å². The van der Waals surface area contributed by atoms with Gasteiger partial charge in [0.05, 0.1) is 12.4 Å². The van der Waals surface area contributed by atoms with Crippen LogP contribution in [-0.4, -0.2) is 93.7 Å². The lowest BCUT2D eigenvalue weighted by Gasteiger charge is -2.25. The Morgan fingerprint density at radius 3 is 1.90 bits per heavy atom. The lowest BCUT2D eigenvalue weighted by molar-refractivity contribution is -0.142. The lowest BCUT2D eigenvalue weighted by Crippen LogP contribution is -2.57. The highest BCUT2D eigenvalue weighted by Crippen LogP contribution is 2.06. The number of aliphatic carboxylic acids is 1. The van der Waals surface area contributed by atoms with Crippen molar-refractivity contribution in [2.75, 3.05) is 18.8 Å². The van der Waals surface area contributed by atoms with Crippen LogP contribution in [0.2, 0.25) is 0 Å². The number of carboxylic acids is 1. The van der Waals surface area contributed by atoms with E-state index in [2.05, 4.69) is 48.5 Å². The van der Waals surface area contributed by atoms with Gasteiger partial charge >= 0.3 is 5.97 Å². The van der Waals surface area contributed by atoms with Gasteiger partial charge in [0.2, 0.25) is 17.7 Å². The molecule has 1 aromatic rings. The molecule has 0 radical (unpaired) electrons. The van der Waals surface area contributed by atoms with Crippen molar-refractivity contribution in [3.63, 3.8) is 0 Å². The SMILES string of the molecule is NC(N)=NCCCC(NC(=O)C(Cc1cnc[nH]1)NC(=O)C(CCCN=C(N)N)NC(=O)C(N)CS)C(=O)O. The van der Waals surface area contributed by atoms with Crippen LogP contribution in [0.15, 0.2) is 22.5 Å². The molecule has 3 amide bonds. The van der Waals surface area contributed by atoms with Crippen molar-refractivity contribution in [3.05, 3.63) is 18.2 Å². The van der Waals surface area contributed by atoms with Gasteiger partial charge in [0.15, 0.2) is 11.9 Å². The number of imidazole rings is 1. The lowest BCUT2D eigenvalue weighted by atomic mass is 10.1. The Kier molecular flexibility index (Phi) is 14.8. The number of nitrogens with zero attached hydrogens (tertiary/aromatic N) is 3. The summed E-state index contributed by atoms with van der Waals surface area (Å²) in [6, 6.07) is -4.55. The Hall–Kier alpha value is -4.06. The van der Waals surface area contributed by atoms with Crippen LogP contribution in [0, 0.1) is 0 Å². The molecule has 0 aliphatic heterocycles. The summed E-state index contributed by atoms with van der Waals surface area (Å²) in [6.07, 6.45) is 3.56. The number of rotatable bonds is 18. The summed E-state index contributed by atoms with van der Waals surface area (Å²) < 4.78 is 0. The molecule has 0 spiro atoms. The number of aromatic nitrogens is 2. The number of hydrogen-bond donors (Lipinski definition) is 11. The average Bonchev–Trinajstić information content (AvgIpc) is 3.39. The number of amides is 3. The number of nitrogens with two attached hydrogens (primary N) is 5. The van der Waals surface area contributed by atoms with E-state index in [0.717, 1.165) is 0 Å². The van der Waals surface area contributed by atoms with E-state index in [9.17, 15) is 24.3 Å². The van der Waals surface area contributed by atoms with Crippen molar-refractivity contribution in [1.29, 1.82) is 0 Å². The number of H-pyrrole nitrogens is 1. The second-order valence-corrected chi connectivity index (χ2v) is 8.85. The van der Waals surface area contributed by atoms with Gasteiger partial charge in [-0.05, 0) is 25.7 Å². The Morgan fingerprint density at radius 1 is 0.897 bits per heavy atom. The predicted molar refractivity (Wildman–Crippen MR) is 147 cm³/mol. The number of aromatic amines is 1. The van der Waals surface area contributed by atoms with Crippen LogP contribution in [0.5, 0.6) is 0 Å². The van der Waals surface area contributed by atoms with Crippen LogP contribution in [-0.2, 0) is 25.6 Å². The van der Waals surface area contributed by atoms with E-state index < -0.39 is 47.9 Å². The molecular weight excluding hydrogens is 532 g/mol. The first-order valence-electron chi connectivity index (χ1n) is 12.0. The third-order valence-corrected chi connectivity index (χ3v) is 5.68. The monoisotopic (exact) mass is 570 g/mol. The van der Waals surface area contributed by atoms with Gasteiger partial charge in [-0.2, -0.15) is 12.6 Å². The summed E-state index contributed by atoms with van der Waals surface area (Å²) in [5.41, 5.74) is 27.4. The topological polar surface area (TPSA) is 308 Å². The van der Waals surface area contributed by atoms with E-state index in [1.165, 1.54) is 12.5 Å².